The standard InChI is InChI=1S/C11H12BrClN4/c1-14-10(9-8(13)4-3-5-15-9)11-7(12)6-16-17(11)2/h3-6,10,14H,1-2H3. The van der Waals surface area contributed by atoms with Crippen molar-refractivity contribution in [1.82, 2.24) is 20.1 Å². The molecule has 0 saturated heterocycles. The summed E-state index contributed by atoms with van der Waals surface area (Å²) in [5, 5.41) is 8.04. The highest BCUT2D eigenvalue weighted by atomic mass is 79.9. The van der Waals surface area contributed by atoms with E-state index in [0.717, 1.165) is 15.9 Å². The van der Waals surface area contributed by atoms with Crippen LogP contribution in [0.1, 0.15) is 17.4 Å². The summed E-state index contributed by atoms with van der Waals surface area (Å²) >= 11 is 9.66. The quantitative estimate of drug-likeness (QED) is 0.946. The van der Waals surface area contributed by atoms with Crippen LogP contribution in [0, 0.1) is 0 Å². The number of aromatic nitrogens is 3. The van der Waals surface area contributed by atoms with Crippen LogP contribution in [0.25, 0.3) is 0 Å². The number of nitrogens with one attached hydrogen (secondary N) is 1. The van der Waals surface area contributed by atoms with Crippen LogP contribution in [-0.4, -0.2) is 21.8 Å². The SMILES string of the molecule is CNC(c1ncccc1Cl)c1c(Br)cnn1C. The van der Waals surface area contributed by atoms with E-state index in [0.29, 0.717) is 5.02 Å². The van der Waals surface area contributed by atoms with Gasteiger partial charge in [0.2, 0.25) is 0 Å². The third-order valence-corrected chi connectivity index (χ3v) is 3.49. The van der Waals surface area contributed by atoms with Crippen molar-refractivity contribution in [2.24, 2.45) is 7.05 Å². The van der Waals surface area contributed by atoms with E-state index in [1.165, 1.54) is 0 Å². The van der Waals surface area contributed by atoms with Crippen LogP contribution < -0.4 is 5.32 Å². The van der Waals surface area contributed by atoms with Crippen LogP contribution in [0.5, 0.6) is 0 Å². The van der Waals surface area contributed by atoms with E-state index in [4.69, 9.17) is 11.6 Å². The summed E-state index contributed by atoms with van der Waals surface area (Å²) in [7, 11) is 3.76. The Labute approximate surface area is 113 Å². The van der Waals surface area contributed by atoms with E-state index < -0.39 is 0 Å². The van der Waals surface area contributed by atoms with Gasteiger partial charge < -0.3 is 5.32 Å². The highest BCUT2D eigenvalue weighted by molar-refractivity contribution is 9.10. The Morgan fingerprint density at radius 1 is 1.53 bits per heavy atom. The van der Waals surface area contributed by atoms with E-state index in [-0.39, 0.29) is 6.04 Å². The highest BCUT2D eigenvalue weighted by Crippen LogP contribution is 2.30. The number of pyridine rings is 1. The molecule has 0 aliphatic heterocycles. The zero-order valence-corrected chi connectivity index (χ0v) is 11.8. The predicted octanol–water partition coefficient (Wildman–Crippen LogP) is 2.54. The van der Waals surface area contributed by atoms with E-state index in [1.807, 2.05) is 26.2 Å². The molecule has 2 rings (SSSR count). The van der Waals surface area contributed by atoms with Crippen LogP contribution in [0.2, 0.25) is 5.02 Å². The Bertz CT molecular complexity index is 506. The van der Waals surface area contributed by atoms with Crippen molar-refractivity contribution in [2.75, 3.05) is 7.05 Å². The molecule has 17 heavy (non-hydrogen) atoms. The second kappa shape index (κ2) is 5.16. The molecule has 0 aromatic carbocycles. The van der Waals surface area contributed by atoms with Gasteiger partial charge in [0, 0.05) is 13.2 Å². The Balaban J connectivity index is 2.52. The number of rotatable bonds is 3. The molecule has 1 N–H and O–H groups in total. The zero-order valence-electron chi connectivity index (χ0n) is 9.48. The first-order valence-electron chi connectivity index (χ1n) is 5.10. The molecule has 2 heterocycles. The molecule has 2 aromatic heterocycles. The maximum atomic E-state index is 6.17. The van der Waals surface area contributed by atoms with E-state index in [1.54, 1.807) is 17.1 Å². The summed E-state index contributed by atoms with van der Waals surface area (Å²) in [6.45, 7) is 0. The molecule has 90 valence electrons. The predicted molar refractivity (Wildman–Crippen MR) is 71.1 cm³/mol. The molecular formula is C11H12BrClN4. The van der Waals surface area contributed by atoms with Crippen molar-refractivity contribution in [1.29, 1.82) is 0 Å². The number of hydrogen-bond acceptors (Lipinski definition) is 3. The van der Waals surface area contributed by atoms with Gasteiger partial charge in [-0.25, -0.2) is 0 Å². The minimum atomic E-state index is -0.0921. The molecule has 0 aliphatic rings. The Morgan fingerprint density at radius 2 is 2.29 bits per heavy atom. The third kappa shape index (κ3) is 2.36. The monoisotopic (exact) mass is 314 g/mol. The minimum absolute atomic E-state index is 0.0921. The van der Waals surface area contributed by atoms with Crippen molar-refractivity contribution in [2.45, 2.75) is 6.04 Å². The summed E-state index contributed by atoms with van der Waals surface area (Å²) < 4.78 is 2.73. The number of aryl methyl sites for hydroxylation is 1. The maximum Gasteiger partial charge on any atom is 0.0946 e. The maximum absolute atomic E-state index is 6.17. The van der Waals surface area contributed by atoms with Crippen molar-refractivity contribution < 1.29 is 0 Å². The average Bonchev–Trinajstić information content (AvgIpc) is 2.64. The largest absolute Gasteiger partial charge is 0.307 e. The molecule has 1 unspecified atom stereocenters. The molecule has 0 bridgehead atoms. The van der Waals surface area contributed by atoms with E-state index in [9.17, 15) is 0 Å². The topological polar surface area (TPSA) is 42.7 Å². The second-order valence-corrected chi connectivity index (χ2v) is 4.86. The van der Waals surface area contributed by atoms with E-state index in [2.05, 4.69) is 31.3 Å². The van der Waals surface area contributed by atoms with E-state index >= 15 is 0 Å². The van der Waals surface area contributed by atoms with Crippen LogP contribution in [-0.2, 0) is 7.05 Å². The lowest BCUT2D eigenvalue weighted by molar-refractivity contribution is 0.592. The lowest BCUT2D eigenvalue weighted by atomic mass is 10.1. The molecule has 0 spiro atoms. The lowest BCUT2D eigenvalue weighted by Crippen LogP contribution is -2.22. The van der Waals surface area contributed by atoms with Gasteiger partial charge in [-0.3, -0.25) is 9.67 Å². The van der Waals surface area contributed by atoms with Gasteiger partial charge in [-0.05, 0) is 35.1 Å². The third-order valence-electron chi connectivity index (χ3n) is 2.56. The molecule has 4 nitrogen and oxygen atoms in total. The van der Waals surface area contributed by atoms with Gasteiger partial charge in [-0.1, -0.05) is 11.6 Å². The van der Waals surface area contributed by atoms with Gasteiger partial charge in [-0.15, -0.1) is 0 Å². The first kappa shape index (κ1) is 12.5. The van der Waals surface area contributed by atoms with Crippen molar-refractivity contribution in [3.8, 4) is 0 Å². The fourth-order valence-corrected chi connectivity index (χ4v) is 2.57. The smallest absolute Gasteiger partial charge is 0.0946 e. The molecule has 2 aromatic rings. The first-order chi connectivity index (χ1) is 8.15. The summed E-state index contributed by atoms with van der Waals surface area (Å²) in [6, 6.07) is 3.56. The van der Waals surface area contributed by atoms with Crippen molar-refractivity contribution in [3.63, 3.8) is 0 Å². The molecule has 0 amide bonds. The lowest BCUT2D eigenvalue weighted by Gasteiger charge is -2.17. The minimum Gasteiger partial charge on any atom is -0.307 e. The average molecular weight is 316 g/mol. The fourth-order valence-electron chi connectivity index (χ4n) is 1.76. The molecule has 0 aliphatic carbocycles. The Morgan fingerprint density at radius 3 is 2.82 bits per heavy atom. The Hall–Kier alpha value is -0.910. The number of hydrogen-bond donors (Lipinski definition) is 1. The normalized spacial score (nSPS) is 12.7. The summed E-state index contributed by atoms with van der Waals surface area (Å²) in [5.74, 6) is 0. The van der Waals surface area contributed by atoms with Gasteiger partial charge >= 0.3 is 0 Å². The van der Waals surface area contributed by atoms with Crippen molar-refractivity contribution >= 4 is 27.5 Å². The van der Waals surface area contributed by atoms with Crippen LogP contribution in [0.15, 0.2) is 29.0 Å². The Kier molecular flexibility index (Phi) is 3.81. The van der Waals surface area contributed by atoms with Gasteiger partial charge in [-0.2, -0.15) is 5.10 Å². The van der Waals surface area contributed by atoms with Gasteiger partial charge in [0.05, 0.1) is 33.1 Å². The molecule has 6 heteroatoms. The van der Waals surface area contributed by atoms with Crippen molar-refractivity contribution in [3.05, 3.63) is 45.4 Å². The van der Waals surface area contributed by atoms with Crippen LogP contribution in [0.4, 0.5) is 0 Å². The van der Waals surface area contributed by atoms with Crippen LogP contribution >= 0.6 is 27.5 Å². The van der Waals surface area contributed by atoms with Gasteiger partial charge in [0.15, 0.2) is 0 Å². The molecule has 1 atom stereocenters. The first-order valence-corrected chi connectivity index (χ1v) is 6.27. The molecular weight excluding hydrogens is 304 g/mol. The van der Waals surface area contributed by atoms with Crippen LogP contribution in [0.3, 0.4) is 0 Å². The van der Waals surface area contributed by atoms with Gasteiger partial charge in [0.1, 0.15) is 0 Å². The van der Waals surface area contributed by atoms with Gasteiger partial charge in [0.25, 0.3) is 0 Å². The zero-order chi connectivity index (χ0) is 12.4. The molecule has 0 saturated carbocycles. The second-order valence-electron chi connectivity index (χ2n) is 3.59. The number of halogens is 2. The fraction of sp³-hybridized carbons (Fsp3) is 0.273. The molecule has 0 fully saturated rings. The number of nitrogens with zero attached hydrogens (tertiary/aromatic N) is 3. The summed E-state index contributed by atoms with van der Waals surface area (Å²) in [4.78, 5) is 4.33. The summed E-state index contributed by atoms with van der Waals surface area (Å²) in [5.41, 5.74) is 1.79. The molecule has 0 radical (unpaired) electrons. The summed E-state index contributed by atoms with van der Waals surface area (Å²) in [6.07, 6.45) is 3.49. The highest BCUT2D eigenvalue weighted by Gasteiger charge is 2.22.